The van der Waals surface area contributed by atoms with Crippen molar-refractivity contribution in [3.63, 3.8) is 0 Å². The summed E-state index contributed by atoms with van der Waals surface area (Å²) in [7, 11) is 0. The summed E-state index contributed by atoms with van der Waals surface area (Å²) in [5, 5.41) is 23.2. The molecule has 0 aromatic heterocycles. The van der Waals surface area contributed by atoms with Gasteiger partial charge in [-0.2, -0.15) is 0 Å². The number of rotatable bonds is 64. The highest BCUT2D eigenvalue weighted by molar-refractivity contribution is 5.76. The van der Waals surface area contributed by atoms with Gasteiger partial charge in [0, 0.05) is 12.8 Å². The number of esters is 1. The Morgan fingerprint density at radius 3 is 1.01 bits per heavy atom. The molecular formula is C70H133NO5. The van der Waals surface area contributed by atoms with Crippen LogP contribution in [-0.4, -0.2) is 47.4 Å². The molecule has 0 radical (unpaired) electrons. The lowest BCUT2D eigenvalue weighted by Gasteiger charge is -2.20. The number of unbranched alkanes of at least 4 members (excludes halogenated alkanes) is 49. The van der Waals surface area contributed by atoms with E-state index in [-0.39, 0.29) is 18.5 Å². The van der Waals surface area contributed by atoms with E-state index in [1.54, 1.807) is 6.08 Å². The summed E-state index contributed by atoms with van der Waals surface area (Å²) >= 11 is 0. The molecular weight excluding hydrogens is 935 g/mol. The second kappa shape index (κ2) is 65.6. The lowest BCUT2D eigenvalue weighted by molar-refractivity contribution is -0.143. The number of hydrogen-bond donors (Lipinski definition) is 3. The minimum Gasteiger partial charge on any atom is -0.466 e. The van der Waals surface area contributed by atoms with Gasteiger partial charge in [-0.25, -0.2) is 0 Å². The molecule has 0 rings (SSSR count). The average molecular weight is 1070 g/mol. The number of hydrogen-bond acceptors (Lipinski definition) is 5. The smallest absolute Gasteiger partial charge is 0.305 e. The van der Waals surface area contributed by atoms with E-state index in [1.165, 1.54) is 295 Å². The Kier molecular flexibility index (Phi) is 63.9. The van der Waals surface area contributed by atoms with E-state index in [2.05, 4.69) is 43.5 Å². The second-order valence-electron chi connectivity index (χ2n) is 23.5. The summed E-state index contributed by atoms with van der Waals surface area (Å²) in [6.07, 6.45) is 83.5. The molecule has 2 atom stereocenters. The van der Waals surface area contributed by atoms with Crippen LogP contribution in [0.1, 0.15) is 373 Å². The fraction of sp³-hybridized carbons (Fsp3) is 0.886. The fourth-order valence-corrected chi connectivity index (χ4v) is 10.7. The Bertz CT molecular complexity index is 1230. The molecule has 76 heavy (non-hydrogen) atoms. The number of aliphatic hydroxyl groups excluding tert-OH is 2. The van der Waals surface area contributed by atoms with Gasteiger partial charge in [0.2, 0.25) is 5.91 Å². The van der Waals surface area contributed by atoms with Crippen molar-refractivity contribution in [1.29, 1.82) is 0 Å². The molecule has 0 spiro atoms. The topological polar surface area (TPSA) is 95.9 Å². The first-order valence-electron chi connectivity index (χ1n) is 34.3. The van der Waals surface area contributed by atoms with Gasteiger partial charge in [-0.15, -0.1) is 0 Å². The van der Waals surface area contributed by atoms with Crippen LogP contribution in [0.25, 0.3) is 0 Å². The van der Waals surface area contributed by atoms with E-state index in [4.69, 9.17) is 4.74 Å². The van der Waals surface area contributed by atoms with Crippen LogP contribution in [0, 0.1) is 0 Å². The Hall–Kier alpha value is -1.92. The maximum Gasteiger partial charge on any atom is 0.305 e. The SMILES string of the molecule is CCCCCC/C=C\C/C=C\CCCCCCCCCC(=O)OCCCCCCCCCCCCCCCCCCCCCCCCCCCCC(=O)NC(CO)C(O)/C=C/CCCCCCCCCCCCCCC. The maximum atomic E-state index is 12.5. The van der Waals surface area contributed by atoms with E-state index < -0.39 is 12.1 Å². The lowest BCUT2D eigenvalue weighted by atomic mass is 10.0. The molecule has 0 aliphatic carbocycles. The third-order valence-corrected chi connectivity index (χ3v) is 15.9. The molecule has 6 nitrogen and oxygen atoms in total. The van der Waals surface area contributed by atoms with Gasteiger partial charge in [-0.1, -0.05) is 333 Å². The highest BCUT2D eigenvalue weighted by Crippen LogP contribution is 2.18. The van der Waals surface area contributed by atoms with Crippen molar-refractivity contribution < 1.29 is 24.5 Å². The monoisotopic (exact) mass is 1070 g/mol. The zero-order valence-corrected chi connectivity index (χ0v) is 51.3. The highest BCUT2D eigenvalue weighted by Gasteiger charge is 2.18. The molecule has 0 aliphatic heterocycles. The van der Waals surface area contributed by atoms with Gasteiger partial charge < -0.3 is 20.3 Å². The van der Waals surface area contributed by atoms with E-state index in [0.717, 1.165) is 51.4 Å². The third-order valence-electron chi connectivity index (χ3n) is 15.9. The third kappa shape index (κ3) is 61.3. The molecule has 0 aliphatic rings. The van der Waals surface area contributed by atoms with Gasteiger partial charge in [0.1, 0.15) is 0 Å². The van der Waals surface area contributed by atoms with Crippen LogP contribution in [0.3, 0.4) is 0 Å². The molecule has 0 bridgehead atoms. The molecule has 0 heterocycles. The van der Waals surface area contributed by atoms with Crippen molar-refractivity contribution in [1.82, 2.24) is 5.32 Å². The maximum absolute atomic E-state index is 12.5. The quantitative estimate of drug-likeness (QED) is 0.0320. The van der Waals surface area contributed by atoms with E-state index in [1.807, 2.05) is 6.08 Å². The number of aliphatic hydroxyl groups is 2. The molecule has 6 heteroatoms. The van der Waals surface area contributed by atoms with Crippen LogP contribution in [0.15, 0.2) is 36.5 Å². The van der Waals surface area contributed by atoms with E-state index >= 15 is 0 Å². The molecule has 0 saturated carbocycles. The normalized spacial score (nSPS) is 12.7. The Labute approximate surface area is 474 Å². The van der Waals surface area contributed by atoms with Crippen LogP contribution >= 0.6 is 0 Å². The number of nitrogens with one attached hydrogen (secondary N) is 1. The number of carbonyl (C=O) groups is 2. The summed E-state index contributed by atoms with van der Waals surface area (Å²) in [5.74, 6) is -0.0541. The van der Waals surface area contributed by atoms with Gasteiger partial charge in [0.05, 0.1) is 25.4 Å². The average Bonchev–Trinajstić information content (AvgIpc) is 3.42. The van der Waals surface area contributed by atoms with Crippen LogP contribution in [-0.2, 0) is 14.3 Å². The van der Waals surface area contributed by atoms with Crippen LogP contribution < -0.4 is 5.32 Å². The summed E-state index contributed by atoms with van der Waals surface area (Å²) in [6, 6.07) is -0.626. The van der Waals surface area contributed by atoms with Crippen molar-refractivity contribution in [3.05, 3.63) is 36.5 Å². The minimum atomic E-state index is -0.843. The predicted molar refractivity (Wildman–Crippen MR) is 333 cm³/mol. The molecule has 0 fully saturated rings. The zero-order chi connectivity index (χ0) is 55.0. The molecule has 0 aromatic rings. The Balaban J connectivity index is 3.36. The van der Waals surface area contributed by atoms with Gasteiger partial charge >= 0.3 is 5.97 Å². The summed E-state index contributed by atoms with van der Waals surface area (Å²) in [4.78, 5) is 24.6. The number of carbonyl (C=O) groups excluding carboxylic acids is 2. The van der Waals surface area contributed by atoms with E-state index in [9.17, 15) is 19.8 Å². The van der Waals surface area contributed by atoms with Crippen molar-refractivity contribution in [2.45, 2.75) is 386 Å². The fourth-order valence-electron chi connectivity index (χ4n) is 10.7. The number of ether oxygens (including phenoxy) is 1. The molecule has 2 unspecified atom stereocenters. The molecule has 448 valence electrons. The van der Waals surface area contributed by atoms with E-state index in [0.29, 0.717) is 19.4 Å². The summed E-state index contributed by atoms with van der Waals surface area (Å²) in [5.41, 5.74) is 0. The Morgan fingerprint density at radius 1 is 0.368 bits per heavy atom. The molecule has 1 amide bonds. The van der Waals surface area contributed by atoms with Gasteiger partial charge in [0.25, 0.3) is 0 Å². The van der Waals surface area contributed by atoms with Crippen molar-refractivity contribution in [2.24, 2.45) is 0 Å². The van der Waals surface area contributed by atoms with Crippen LogP contribution in [0.5, 0.6) is 0 Å². The van der Waals surface area contributed by atoms with Crippen LogP contribution in [0.2, 0.25) is 0 Å². The first-order valence-corrected chi connectivity index (χ1v) is 34.3. The van der Waals surface area contributed by atoms with Crippen LogP contribution in [0.4, 0.5) is 0 Å². The molecule has 3 N–H and O–H groups in total. The first kappa shape index (κ1) is 74.1. The van der Waals surface area contributed by atoms with Crippen molar-refractivity contribution in [3.8, 4) is 0 Å². The summed E-state index contributed by atoms with van der Waals surface area (Å²) < 4.78 is 5.50. The molecule has 0 aromatic carbocycles. The first-order chi connectivity index (χ1) is 37.5. The largest absolute Gasteiger partial charge is 0.466 e. The summed E-state index contributed by atoms with van der Waals surface area (Å²) in [6.45, 7) is 4.91. The number of amides is 1. The predicted octanol–water partition coefficient (Wildman–Crippen LogP) is 21.9. The van der Waals surface area contributed by atoms with Gasteiger partial charge in [-0.3, -0.25) is 9.59 Å². The van der Waals surface area contributed by atoms with Gasteiger partial charge in [0.15, 0.2) is 0 Å². The minimum absolute atomic E-state index is 0.00984. The highest BCUT2D eigenvalue weighted by atomic mass is 16.5. The van der Waals surface area contributed by atoms with Gasteiger partial charge in [-0.05, 0) is 64.2 Å². The van der Waals surface area contributed by atoms with Crippen molar-refractivity contribution >= 4 is 11.9 Å². The molecule has 0 saturated heterocycles. The van der Waals surface area contributed by atoms with Crippen molar-refractivity contribution in [2.75, 3.05) is 13.2 Å². The zero-order valence-electron chi connectivity index (χ0n) is 51.3. The second-order valence-corrected chi connectivity index (χ2v) is 23.5. The standard InChI is InChI=1S/C70H133NO5/c1-3-5-7-9-11-13-15-17-19-20-32-36-40-44-48-52-56-60-64-70(75)76-65-61-57-53-49-45-41-37-33-30-28-26-24-22-21-23-25-27-29-31-35-39-43-47-51-55-59-63-69(74)71-67(66-72)68(73)62-58-54-50-46-42-38-34-18-16-14-12-10-8-6-4-2/h13,15,19-20,58,62,67-68,72-73H,3-12,14,16-18,21-57,59-61,63-66H2,1-2H3,(H,71,74)/b15-13-,20-19-,62-58+. The Morgan fingerprint density at radius 2 is 0.658 bits per heavy atom. The number of allylic oxidation sites excluding steroid dienone is 5. The lowest BCUT2D eigenvalue weighted by Crippen LogP contribution is -2.45.